The number of aliphatic hydroxyl groups is 1. The molecule has 120 valence electrons. The highest BCUT2D eigenvalue weighted by Gasteiger charge is 2.16. The first kappa shape index (κ1) is 17.1. The first-order chi connectivity index (χ1) is 10.7. The van der Waals surface area contributed by atoms with E-state index in [4.69, 9.17) is 4.74 Å². The molecule has 0 aromatic heterocycles. The second kappa shape index (κ2) is 8.42. The third-order valence-electron chi connectivity index (χ3n) is 3.94. The summed E-state index contributed by atoms with van der Waals surface area (Å²) >= 11 is 1.80. The topological polar surface area (TPSA) is 41.5 Å². The van der Waals surface area contributed by atoms with Gasteiger partial charge in [-0.2, -0.15) is 11.8 Å². The largest absolute Gasteiger partial charge is 0.496 e. The lowest BCUT2D eigenvalue weighted by atomic mass is 9.98. The van der Waals surface area contributed by atoms with E-state index in [0.29, 0.717) is 6.04 Å². The number of fused-ring (bicyclic) bond motifs is 1. The Morgan fingerprint density at radius 2 is 1.91 bits per heavy atom. The average Bonchev–Trinajstić information content (AvgIpc) is 2.54. The van der Waals surface area contributed by atoms with Crippen LogP contribution in [0, 0.1) is 0 Å². The predicted molar refractivity (Wildman–Crippen MR) is 95.9 cm³/mol. The minimum atomic E-state index is 0.217. The Morgan fingerprint density at radius 1 is 1.18 bits per heavy atom. The number of thioether (sulfide) groups is 1. The van der Waals surface area contributed by atoms with Crippen LogP contribution in [0.25, 0.3) is 10.8 Å². The molecule has 2 atom stereocenters. The highest BCUT2D eigenvalue weighted by Crippen LogP contribution is 2.31. The van der Waals surface area contributed by atoms with Gasteiger partial charge in [0.1, 0.15) is 5.75 Å². The Balaban J connectivity index is 2.29. The lowest BCUT2D eigenvalue weighted by molar-refractivity contribution is 0.266. The molecule has 4 heteroatoms. The van der Waals surface area contributed by atoms with E-state index in [0.717, 1.165) is 23.3 Å². The Hall–Kier alpha value is -1.23. The number of aliphatic hydroxyl groups excluding tert-OH is 1. The fourth-order valence-electron chi connectivity index (χ4n) is 2.87. The molecule has 0 saturated carbocycles. The van der Waals surface area contributed by atoms with Crippen LogP contribution in [0.1, 0.15) is 24.9 Å². The molecule has 2 rings (SSSR count). The van der Waals surface area contributed by atoms with Gasteiger partial charge in [0.2, 0.25) is 0 Å². The van der Waals surface area contributed by atoms with Crippen LogP contribution >= 0.6 is 11.8 Å². The van der Waals surface area contributed by atoms with Crippen molar-refractivity contribution in [3.8, 4) is 5.75 Å². The van der Waals surface area contributed by atoms with E-state index in [1.807, 2.05) is 12.1 Å². The zero-order chi connectivity index (χ0) is 15.9. The van der Waals surface area contributed by atoms with Crippen LogP contribution in [0.15, 0.2) is 36.4 Å². The van der Waals surface area contributed by atoms with E-state index in [2.05, 4.69) is 42.8 Å². The zero-order valence-electron chi connectivity index (χ0n) is 13.5. The van der Waals surface area contributed by atoms with Crippen molar-refractivity contribution in [1.82, 2.24) is 5.32 Å². The monoisotopic (exact) mass is 319 g/mol. The Morgan fingerprint density at radius 3 is 2.55 bits per heavy atom. The molecule has 0 aliphatic heterocycles. The summed E-state index contributed by atoms with van der Waals surface area (Å²) < 4.78 is 5.46. The standard InChI is InChI=1S/C18H25NO2S/c1-13(19-14(10-11-20)12-22-3)15-8-9-18(21-2)17-7-5-4-6-16(15)17/h4-9,13-14,19-20H,10-12H2,1-3H3. The third kappa shape index (κ3) is 3.94. The second-order valence-electron chi connectivity index (χ2n) is 5.46. The summed E-state index contributed by atoms with van der Waals surface area (Å²) in [6.07, 6.45) is 2.87. The van der Waals surface area contributed by atoms with E-state index < -0.39 is 0 Å². The molecule has 0 heterocycles. The van der Waals surface area contributed by atoms with Gasteiger partial charge in [0.15, 0.2) is 0 Å². The smallest absolute Gasteiger partial charge is 0.126 e. The van der Waals surface area contributed by atoms with Crippen molar-refractivity contribution in [1.29, 1.82) is 0 Å². The fraction of sp³-hybridized carbons (Fsp3) is 0.444. The Bertz CT molecular complexity index is 597. The van der Waals surface area contributed by atoms with Crippen LogP contribution in [0.4, 0.5) is 0 Å². The van der Waals surface area contributed by atoms with Gasteiger partial charge in [-0.1, -0.05) is 30.3 Å². The normalized spacial score (nSPS) is 14.0. The molecule has 2 aromatic carbocycles. The predicted octanol–water partition coefficient (Wildman–Crippen LogP) is 3.61. The molecule has 0 fully saturated rings. The van der Waals surface area contributed by atoms with Crippen LogP contribution in [0.3, 0.4) is 0 Å². The van der Waals surface area contributed by atoms with Crippen LogP contribution in [0.5, 0.6) is 5.75 Å². The molecule has 22 heavy (non-hydrogen) atoms. The minimum absolute atomic E-state index is 0.217. The van der Waals surface area contributed by atoms with Gasteiger partial charge < -0.3 is 15.2 Å². The molecule has 2 unspecified atom stereocenters. The fourth-order valence-corrected chi connectivity index (χ4v) is 3.53. The highest BCUT2D eigenvalue weighted by molar-refractivity contribution is 7.98. The number of ether oxygens (including phenoxy) is 1. The van der Waals surface area contributed by atoms with Gasteiger partial charge in [-0.05, 0) is 36.6 Å². The van der Waals surface area contributed by atoms with E-state index in [9.17, 15) is 5.11 Å². The van der Waals surface area contributed by atoms with Crippen molar-refractivity contribution < 1.29 is 9.84 Å². The Kier molecular flexibility index (Phi) is 6.55. The zero-order valence-corrected chi connectivity index (χ0v) is 14.3. The first-order valence-electron chi connectivity index (χ1n) is 7.62. The molecule has 0 radical (unpaired) electrons. The molecule has 0 aliphatic rings. The van der Waals surface area contributed by atoms with Crippen molar-refractivity contribution >= 4 is 22.5 Å². The number of benzene rings is 2. The number of methoxy groups -OCH3 is 1. The number of hydrogen-bond donors (Lipinski definition) is 2. The van der Waals surface area contributed by atoms with E-state index in [1.54, 1.807) is 18.9 Å². The van der Waals surface area contributed by atoms with E-state index in [-0.39, 0.29) is 12.6 Å². The first-order valence-corrected chi connectivity index (χ1v) is 9.02. The summed E-state index contributed by atoms with van der Waals surface area (Å²) in [5.41, 5.74) is 1.26. The summed E-state index contributed by atoms with van der Waals surface area (Å²) in [6, 6.07) is 13.0. The van der Waals surface area contributed by atoms with Crippen LogP contribution in [-0.2, 0) is 0 Å². The summed E-state index contributed by atoms with van der Waals surface area (Å²) in [5, 5.41) is 15.2. The molecule has 0 bridgehead atoms. The van der Waals surface area contributed by atoms with Crippen LogP contribution < -0.4 is 10.1 Å². The van der Waals surface area contributed by atoms with Gasteiger partial charge >= 0.3 is 0 Å². The van der Waals surface area contributed by atoms with Gasteiger partial charge in [0, 0.05) is 29.8 Å². The SMILES string of the molecule is COc1ccc(C(C)NC(CCO)CSC)c2ccccc12. The molecular formula is C18H25NO2S. The number of nitrogens with one attached hydrogen (secondary N) is 1. The average molecular weight is 319 g/mol. The summed E-state index contributed by atoms with van der Waals surface area (Å²) in [7, 11) is 1.71. The lowest BCUT2D eigenvalue weighted by Crippen LogP contribution is -2.34. The van der Waals surface area contributed by atoms with Crippen molar-refractivity contribution in [3.05, 3.63) is 42.0 Å². The molecule has 0 amide bonds. The minimum Gasteiger partial charge on any atom is -0.496 e. The van der Waals surface area contributed by atoms with Crippen molar-refractivity contribution in [2.24, 2.45) is 0 Å². The van der Waals surface area contributed by atoms with Crippen molar-refractivity contribution in [2.75, 3.05) is 25.7 Å². The molecule has 0 spiro atoms. The summed E-state index contributed by atoms with van der Waals surface area (Å²) in [4.78, 5) is 0. The van der Waals surface area contributed by atoms with Crippen LogP contribution in [0.2, 0.25) is 0 Å². The van der Waals surface area contributed by atoms with E-state index >= 15 is 0 Å². The summed E-state index contributed by atoms with van der Waals surface area (Å²) in [6.45, 7) is 2.40. The van der Waals surface area contributed by atoms with Gasteiger partial charge in [0.25, 0.3) is 0 Å². The number of rotatable bonds is 8. The van der Waals surface area contributed by atoms with Gasteiger partial charge in [0.05, 0.1) is 7.11 Å². The summed E-state index contributed by atoms with van der Waals surface area (Å²) in [5.74, 6) is 1.90. The molecule has 0 aliphatic carbocycles. The Labute approximate surface area is 137 Å². The van der Waals surface area contributed by atoms with Gasteiger partial charge in [-0.25, -0.2) is 0 Å². The quantitative estimate of drug-likeness (QED) is 0.780. The highest BCUT2D eigenvalue weighted by atomic mass is 32.2. The maximum atomic E-state index is 9.22. The maximum absolute atomic E-state index is 9.22. The van der Waals surface area contributed by atoms with Crippen molar-refractivity contribution in [3.63, 3.8) is 0 Å². The lowest BCUT2D eigenvalue weighted by Gasteiger charge is -2.24. The maximum Gasteiger partial charge on any atom is 0.126 e. The number of hydrogen-bond acceptors (Lipinski definition) is 4. The van der Waals surface area contributed by atoms with E-state index in [1.165, 1.54) is 10.9 Å². The molecule has 2 aromatic rings. The van der Waals surface area contributed by atoms with Gasteiger partial charge in [-0.3, -0.25) is 0 Å². The molecular weight excluding hydrogens is 294 g/mol. The molecule has 0 saturated heterocycles. The second-order valence-corrected chi connectivity index (χ2v) is 6.37. The molecule has 3 nitrogen and oxygen atoms in total. The van der Waals surface area contributed by atoms with Crippen LogP contribution in [-0.4, -0.2) is 36.9 Å². The molecule has 2 N–H and O–H groups in total. The third-order valence-corrected chi connectivity index (χ3v) is 4.67. The van der Waals surface area contributed by atoms with Crippen molar-refractivity contribution in [2.45, 2.75) is 25.4 Å². The van der Waals surface area contributed by atoms with Gasteiger partial charge in [-0.15, -0.1) is 0 Å².